The molecule has 0 bridgehead atoms. The largest absolute Gasteiger partial charge is 0.478 e. The average molecular weight is 458 g/mol. The standard InChI is InChI=1S/C25H22F4N2O2/c1-13-8-17-16-4-2-3-5-20(16)30-23(17)24(31(13)15-11-25(28,29)12-15)22-18(26)9-14(10-19(22)27)6-7-21(32)33/h2-7,9-10,13,15,24,30H,8,11-12H2,1H3,(H,32,33)/b7-6+/t13-,24-/m0/s1. The Morgan fingerprint density at radius 2 is 1.85 bits per heavy atom. The first-order chi connectivity index (χ1) is 15.6. The molecule has 0 unspecified atom stereocenters. The molecule has 1 aromatic heterocycles. The number of aromatic nitrogens is 1. The number of nitrogens with zero attached hydrogens (tertiary/aromatic N) is 1. The number of fused-ring (bicyclic) bond motifs is 3. The third-order valence-corrected chi connectivity index (χ3v) is 6.71. The summed E-state index contributed by atoms with van der Waals surface area (Å²) in [5.74, 6) is -5.71. The molecule has 2 atom stereocenters. The monoisotopic (exact) mass is 458 g/mol. The van der Waals surface area contributed by atoms with Crippen molar-refractivity contribution in [2.75, 3.05) is 0 Å². The van der Waals surface area contributed by atoms with Gasteiger partial charge in [-0.2, -0.15) is 0 Å². The first kappa shape index (κ1) is 21.7. The molecule has 33 heavy (non-hydrogen) atoms. The van der Waals surface area contributed by atoms with Gasteiger partial charge >= 0.3 is 5.97 Å². The van der Waals surface area contributed by atoms with Gasteiger partial charge in [-0.25, -0.2) is 22.4 Å². The molecule has 0 amide bonds. The SMILES string of the molecule is C[C@H]1Cc2c([nH]c3ccccc23)[C@H](c2c(F)cc(/C=C/C(=O)O)cc2F)N1C1CC(F)(F)C1. The molecule has 1 aliphatic heterocycles. The van der Waals surface area contributed by atoms with Crippen LogP contribution in [-0.4, -0.2) is 39.0 Å². The van der Waals surface area contributed by atoms with Crippen LogP contribution in [0.25, 0.3) is 17.0 Å². The quantitative estimate of drug-likeness (QED) is 0.391. The van der Waals surface area contributed by atoms with Crippen molar-refractivity contribution in [2.24, 2.45) is 0 Å². The normalized spacial score (nSPS) is 23.1. The van der Waals surface area contributed by atoms with Crippen molar-refractivity contribution in [1.29, 1.82) is 0 Å². The number of carboxylic acids is 1. The molecule has 1 fully saturated rings. The summed E-state index contributed by atoms with van der Waals surface area (Å²) in [6.45, 7) is 1.90. The average Bonchev–Trinajstić information content (AvgIpc) is 3.08. The topological polar surface area (TPSA) is 56.3 Å². The van der Waals surface area contributed by atoms with Crippen LogP contribution >= 0.6 is 0 Å². The Morgan fingerprint density at radius 3 is 2.48 bits per heavy atom. The van der Waals surface area contributed by atoms with Gasteiger partial charge in [-0.1, -0.05) is 18.2 Å². The number of nitrogens with one attached hydrogen (secondary N) is 1. The van der Waals surface area contributed by atoms with Gasteiger partial charge in [0.2, 0.25) is 0 Å². The summed E-state index contributed by atoms with van der Waals surface area (Å²) in [5, 5.41) is 9.75. The highest BCUT2D eigenvalue weighted by atomic mass is 19.3. The summed E-state index contributed by atoms with van der Waals surface area (Å²) in [5.41, 5.74) is 2.20. The maximum absolute atomic E-state index is 15.4. The molecule has 8 heteroatoms. The lowest BCUT2D eigenvalue weighted by molar-refractivity contribution is -0.139. The van der Waals surface area contributed by atoms with Crippen LogP contribution in [0.5, 0.6) is 0 Å². The minimum absolute atomic E-state index is 0.0682. The number of rotatable bonds is 4. The molecular weight excluding hydrogens is 436 g/mol. The molecule has 2 aliphatic rings. The van der Waals surface area contributed by atoms with Crippen LogP contribution in [0, 0.1) is 11.6 Å². The van der Waals surface area contributed by atoms with Crippen LogP contribution < -0.4 is 0 Å². The lowest BCUT2D eigenvalue weighted by Gasteiger charge is -2.51. The van der Waals surface area contributed by atoms with Crippen molar-refractivity contribution in [3.8, 4) is 0 Å². The summed E-state index contributed by atoms with van der Waals surface area (Å²) in [7, 11) is 0. The molecule has 3 aromatic rings. The number of halogens is 4. The fourth-order valence-electron chi connectivity index (χ4n) is 5.31. The van der Waals surface area contributed by atoms with E-state index in [0.29, 0.717) is 12.1 Å². The molecule has 0 saturated heterocycles. The first-order valence-corrected chi connectivity index (χ1v) is 10.8. The predicted molar refractivity (Wildman–Crippen MR) is 116 cm³/mol. The van der Waals surface area contributed by atoms with E-state index in [1.54, 1.807) is 0 Å². The van der Waals surface area contributed by atoms with Crippen LogP contribution in [0.3, 0.4) is 0 Å². The molecule has 1 aliphatic carbocycles. The van der Waals surface area contributed by atoms with E-state index in [2.05, 4.69) is 4.98 Å². The third kappa shape index (κ3) is 3.72. The first-order valence-electron chi connectivity index (χ1n) is 10.8. The number of benzene rings is 2. The number of aromatic amines is 1. The summed E-state index contributed by atoms with van der Waals surface area (Å²) in [6, 6.07) is 8.09. The fraction of sp³-hybridized carbons (Fsp3) is 0.320. The van der Waals surface area contributed by atoms with Crippen molar-refractivity contribution in [2.45, 2.75) is 50.2 Å². The number of carboxylic acid groups (broad SMARTS) is 1. The van der Waals surface area contributed by atoms with E-state index in [0.717, 1.165) is 40.8 Å². The van der Waals surface area contributed by atoms with Crippen molar-refractivity contribution in [1.82, 2.24) is 9.88 Å². The molecule has 0 spiro atoms. The third-order valence-electron chi connectivity index (χ3n) is 6.71. The fourth-order valence-corrected chi connectivity index (χ4v) is 5.31. The maximum Gasteiger partial charge on any atom is 0.328 e. The predicted octanol–water partition coefficient (Wildman–Crippen LogP) is 5.68. The van der Waals surface area contributed by atoms with Crippen molar-refractivity contribution >= 4 is 22.9 Å². The summed E-state index contributed by atoms with van der Waals surface area (Å²) in [4.78, 5) is 15.9. The minimum Gasteiger partial charge on any atom is -0.478 e. The van der Waals surface area contributed by atoms with Crippen molar-refractivity contribution in [3.05, 3.63) is 76.5 Å². The van der Waals surface area contributed by atoms with E-state index in [9.17, 15) is 13.6 Å². The van der Waals surface area contributed by atoms with Crippen molar-refractivity contribution in [3.63, 3.8) is 0 Å². The van der Waals surface area contributed by atoms with Gasteiger partial charge in [-0.15, -0.1) is 0 Å². The lowest BCUT2D eigenvalue weighted by atomic mass is 9.80. The Labute approximate surface area is 187 Å². The molecule has 2 aromatic carbocycles. The summed E-state index contributed by atoms with van der Waals surface area (Å²) < 4.78 is 58.4. The minimum atomic E-state index is -2.78. The van der Waals surface area contributed by atoms with Gasteiger partial charge < -0.3 is 10.1 Å². The van der Waals surface area contributed by atoms with Gasteiger partial charge in [0.1, 0.15) is 11.6 Å². The van der Waals surface area contributed by atoms with E-state index >= 15 is 8.78 Å². The van der Waals surface area contributed by atoms with Crippen LogP contribution in [0.4, 0.5) is 17.6 Å². The van der Waals surface area contributed by atoms with Gasteiger partial charge in [0.05, 0.1) is 6.04 Å². The van der Waals surface area contributed by atoms with Gasteiger partial charge in [0, 0.05) is 53.2 Å². The number of hydrogen-bond donors (Lipinski definition) is 2. The van der Waals surface area contributed by atoms with E-state index in [-0.39, 0.29) is 30.0 Å². The van der Waals surface area contributed by atoms with Crippen LogP contribution in [0.2, 0.25) is 0 Å². The summed E-state index contributed by atoms with van der Waals surface area (Å²) in [6.07, 6.45) is 1.77. The zero-order valence-corrected chi connectivity index (χ0v) is 17.8. The summed E-state index contributed by atoms with van der Waals surface area (Å²) >= 11 is 0. The molecule has 2 heterocycles. The zero-order chi connectivity index (χ0) is 23.5. The van der Waals surface area contributed by atoms with Crippen LogP contribution in [0.1, 0.15) is 48.2 Å². The second-order valence-electron chi connectivity index (χ2n) is 8.95. The number of hydrogen-bond acceptors (Lipinski definition) is 2. The Kier molecular flexibility index (Phi) is 5.08. The molecular formula is C25H22F4N2O2. The van der Waals surface area contributed by atoms with Gasteiger partial charge in [-0.3, -0.25) is 4.90 Å². The highest BCUT2D eigenvalue weighted by molar-refractivity contribution is 5.86. The highest BCUT2D eigenvalue weighted by Gasteiger charge is 2.52. The molecule has 2 N–H and O–H groups in total. The van der Waals surface area contributed by atoms with E-state index in [1.165, 1.54) is 0 Å². The molecule has 0 radical (unpaired) electrons. The van der Waals surface area contributed by atoms with E-state index in [4.69, 9.17) is 5.11 Å². The Balaban J connectivity index is 1.67. The smallest absolute Gasteiger partial charge is 0.328 e. The number of para-hydroxylation sites is 1. The van der Waals surface area contributed by atoms with Gasteiger partial charge in [0.25, 0.3) is 5.92 Å². The molecule has 1 saturated carbocycles. The van der Waals surface area contributed by atoms with Gasteiger partial charge in [0.15, 0.2) is 0 Å². The number of H-pyrrole nitrogens is 1. The van der Waals surface area contributed by atoms with Crippen molar-refractivity contribution < 1.29 is 27.5 Å². The maximum atomic E-state index is 15.4. The molecule has 5 rings (SSSR count). The number of carbonyl (C=O) groups is 1. The lowest BCUT2D eigenvalue weighted by Crippen LogP contribution is -2.57. The second kappa shape index (κ2) is 7.73. The van der Waals surface area contributed by atoms with E-state index in [1.807, 2.05) is 36.1 Å². The number of alkyl halides is 2. The molecule has 172 valence electrons. The van der Waals surface area contributed by atoms with Crippen LogP contribution in [0.15, 0.2) is 42.5 Å². The van der Waals surface area contributed by atoms with E-state index < -0.39 is 35.6 Å². The highest BCUT2D eigenvalue weighted by Crippen LogP contribution is 2.49. The Bertz CT molecular complexity index is 1250. The van der Waals surface area contributed by atoms with Crippen LogP contribution in [-0.2, 0) is 11.2 Å². The van der Waals surface area contributed by atoms with Gasteiger partial charge in [-0.05, 0) is 48.7 Å². The Morgan fingerprint density at radius 1 is 1.18 bits per heavy atom. The number of aliphatic carboxylic acids is 1. The Hall–Kier alpha value is -3.13. The molecule has 4 nitrogen and oxygen atoms in total. The second-order valence-corrected chi connectivity index (χ2v) is 8.95. The zero-order valence-electron chi connectivity index (χ0n) is 17.8.